The molecule has 0 saturated carbocycles. The van der Waals surface area contributed by atoms with Crippen molar-refractivity contribution in [2.75, 3.05) is 22.9 Å². The molecule has 2 aromatic carbocycles. The zero-order chi connectivity index (χ0) is 20.3. The van der Waals surface area contributed by atoms with Gasteiger partial charge in [-0.2, -0.15) is 0 Å². The fourth-order valence-corrected chi connectivity index (χ4v) is 4.15. The van der Waals surface area contributed by atoms with Gasteiger partial charge in [0.25, 0.3) is 0 Å². The molecule has 150 valence electrons. The van der Waals surface area contributed by atoms with Gasteiger partial charge in [-0.15, -0.1) is 0 Å². The van der Waals surface area contributed by atoms with Crippen molar-refractivity contribution in [3.8, 4) is 5.75 Å². The molecule has 2 aromatic rings. The Kier molecular flexibility index (Phi) is 6.39. The van der Waals surface area contributed by atoms with Crippen LogP contribution in [0.25, 0.3) is 0 Å². The van der Waals surface area contributed by atoms with Crippen molar-refractivity contribution in [1.29, 1.82) is 0 Å². The first-order valence-electron chi connectivity index (χ1n) is 9.57. The number of ether oxygens (including phenoxy) is 2. The molecule has 1 aliphatic rings. The van der Waals surface area contributed by atoms with Crippen molar-refractivity contribution in [3.63, 3.8) is 0 Å². The summed E-state index contributed by atoms with van der Waals surface area (Å²) in [6.07, 6.45) is 0.374. The van der Waals surface area contributed by atoms with E-state index in [4.69, 9.17) is 9.47 Å². The minimum atomic E-state index is -0.192. The largest absolute Gasteiger partial charge is 0.491 e. The minimum Gasteiger partial charge on any atom is -0.491 e. The van der Waals surface area contributed by atoms with Gasteiger partial charge < -0.3 is 14.4 Å². The van der Waals surface area contributed by atoms with Gasteiger partial charge in [0.2, 0.25) is 0 Å². The first-order chi connectivity index (χ1) is 13.3. The molecule has 0 bridgehead atoms. The van der Waals surface area contributed by atoms with Crippen LogP contribution in [0.2, 0.25) is 0 Å². The number of carbonyl (C=O) groups excluding carboxylic acids is 1. The van der Waals surface area contributed by atoms with Crippen molar-refractivity contribution >= 4 is 29.3 Å². The second kappa shape index (κ2) is 8.78. The lowest BCUT2D eigenvalue weighted by molar-refractivity contribution is -0.146. The molecular weight excluding hydrogens is 372 g/mol. The summed E-state index contributed by atoms with van der Waals surface area (Å²) < 4.78 is 13.3. The topological polar surface area (TPSA) is 42.0 Å². The van der Waals surface area contributed by atoms with Gasteiger partial charge in [-0.3, -0.25) is 9.10 Å². The van der Waals surface area contributed by atoms with Crippen LogP contribution < -0.4 is 13.9 Å². The van der Waals surface area contributed by atoms with Crippen molar-refractivity contribution in [1.82, 2.24) is 0 Å². The van der Waals surface area contributed by atoms with Gasteiger partial charge in [0, 0.05) is 18.8 Å². The monoisotopic (exact) mass is 400 g/mol. The molecule has 0 aromatic heterocycles. The molecule has 0 fully saturated rings. The summed E-state index contributed by atoms with van der Waals surface area (Å²) in [7, 11) is 2.08. The summed E-state index contributed by atoms with van der Waals surface area (Å²) in [5.74, 6) is 0.704. The zero-order valence-corrected chi connectivity index (χ0v) is 18.0. The van der Waals surface area contributed by atoms with Crippen molar-refractivity contribution in [2.24, 2.45) is 0 Å². The number of benzene rings is 2. The first kappa shape index (κ1) is 20.4. The van der Waals surface area contributed by atoms with E-state index in [-0.39, 0.29) is 18.2 Å². The Balaban J connectivity index is 1.69. The number of rotatable bonds is 6. The number of esters is 1. The lowest BCUT2D eigenvalue weighted by Gasteiger charge is -2.36. The lowest BCUT2D eigenvalue weighted by Crippen LogP contribution is -2.35. The molecular formula is C22H28N2O3S. The second-order valence-electron chi connectivity index (χ2n) is 7.49. The normalized spacial score (nSPS) is 13.7. The fourth-order valence-electron chi connectivity index (χ4n) is 3.02. The average Bonchev–Trinajstić information content (AvgIpc) is 2.61. The van der Waals surface area contributed by atoms with Gasteiger partial charge in [-0.25, -0.2) is 0 Å². The number of nitrogens with zero attached hydrogens (tertiary/aromatic N) is 2. The number of hydrogen-bond donors (Lipinski definition) is 0. The third-order valence-corrected chi connectivity index (χ3v) is 5.29. The molecule has 1 aliphatic heterocycles. The maximum atomic E-state index is 11.8. The summed E-state index contributed by atoms with van der Waals surface area (Å²) in [6, 6.07) is 14.3. The van der Waals surface area contributed by atoms with Gasteiger partial charge in [-0.05, 0) is 69.5 Å². The molecule has 0 N–H and O–H groups in total. The van der Waals surface area contributed by atoms with E-state index < -0.39 is 0 Å². The Morgan fingerprint density at radius 2 is 1.79 bits per heavy atom. The van der Waals surface area contributed by atoms with Crippen molar-refractivity contribution in [3.05, 3.63) is 48.0 Å². The van der Waals surface area contributed by atoms with E-state index in [9.17, 15) is 4.79 Å². The van der Waals surface area contributed by atoms with Crippen LogP contribution in [0, 0.1) is 0 Å². The third-order valence-electron chi connectivity index (χ3n) is 4.20. The standard InChI is InChI=1S/C22H28N2O3S/c1-15(2)26-19-10-11-21-20(13-19)23(5)14-24(28-21)18-8-6-17(7-9-18)12-22(25)27-16(3)4/h6-11,13,15-16H,12,14H2,1-5H3. The maximum absolute atomic E-state index is 11.8. The number of hydrogen-bond acceptors (Lipinski definition) is 6. The Labute approximate surface area is 171 Å². The van der Waals surface area contributed by atoms with Crippen LogP contribution in [0.5, 0.6) is 5.75 Å². The van der Waals surface area contributed by atoms with Crippen LogP contribution in [0.1, 0.15) is 33.3 Å². The summed E-state index contributed by atoms with van der Waals surface area (Å²) >= 11 is 1.71. The van der Waals surface area contributed by atoms with Gasteiger partial charge in [0.05, 0.1) is 29.2 Å². The van der Waals surface area contributed by atoms with E-state index in [1.165, 1.54) is 10.6 Å². The summed E-state index contributed by atoms with van der Waals surface area (Å²) in [5, 5.41) is 0. The average molecular weight is 401 g/mol. The third kappa shape index (κ3) is 5.13. The first-order valence-corrected chi connectivity index (χ1v) is 10.3. The predicted octanol–water partition coefficient (Wildman–Crippen LogP) is 4.89. The minimum absolute atomic E-state index is 0.0846. The Morgan fingerprint density at radius 3 is 2.43 bits per heavy atom. The van der Waals surface area contributed by atoms with Crippen LogP contribution in [-0.4, -0.2) is 31.9 Å². The Bertz CT molecular complexity index is 821. The predicted molar refractivity (Wildman–Crippen MR) is 115 cm³/mol. The van der Waals surface area contributed by atoms with Crippen LogP contribution in [-0.2, 0) is 16.0 Å². The van der Waals surface area contributed by atoms with Crippen LogP contribution >= 0.6 is 11.9 Å². The quantitative estimate of drug-likeness (QED) is 0.508. The lowest BCUT2D eigenvalue weighted by atomic mass is 10.1. The van der Waals surface area contributed by atoms with Crippen LogP contribution in [0.3, 0.4) is 0 Å². The summed E-state index contributed by atoms with van der Waals surface area (Å²) in [6.45, 7) is 8.55. The molecule has 0 aliphatic carbocycles. The molecule has 0 saturated heterocycles. The van der Waals surface area contributed by atoms with E-state index in [0.717, 1.165) is 23.7 Å². The highest BCUT2D eigenvalue weighted by atomic mass is 32.2. The molecule has 1 heterocycles. The molecule has 6 heteroatoms. The van der Waals surface area contributed by atoms with E-state index >= 15 is 0 Å². The van der Waals surface area contributed by atoms with E-state index in [2.05, 4.69) is 40.5 Å². The Morgan fingerprint density at radius 1 is 1.07 bits per heavy atom. The van der Waals surface area contributed by atoms with Crippen LogP contribution in [0.4, 0.5) is 11.4 Å². The van der Waals surface area contributed by atoms with E-state index in [1.54, 1.807) is 11.9 Å². The van der Waals surface area contributed by atoms with Crippen molar-refractivity contribution < 1.29 is 14.3 Å². The molecule has 0 radical (unpaired) electrons. The molecule has 28 heavy (non-hydrogen) atoms. The SMILES string of the molecule is CC(C)OC(=O)Cc1ccc(N2CN(C)c3cc(OC(C)C)ccc3S2)cc1. The number of carbonyl (C=O) groups is 1. The Hall–Kier alpha value is -2.34. The maximum Gasteiger partial charge on any atom is 0.310 e. The molecule has 0 atom stereocenters. The molecule has 5 nitrogen and oxygen atoms in total. The van der Waals surface area contributed by atoms with E-state index in [0.29, 0.717) is 6.42 Å². The summed E-state index contributed by atoms with van der Waals surface area (Å²) in [4.78, 5) is 15.2. The van der Waals surface area contributed by atoms with Crippen molar-refractivity contribution in [2.45, 2.75) is 51.2 Å². The molecule has 0 unspecified atom stereocenters. The highest BCUT2D eigenvalue weighted by molar-refractivity contribution is 8.00. The van der Waals surface area contributed by atoms with Crippen LogP contribution in [0.15, 0.2) is 47.4 Å². The smallest absolute Gasteiger partial charge is 0.310 e. The number of anilines is 2. The van der Waals surface area contributed by atoms with Gasteiger partial charge in [0.1, 0.15) is 12.4 Å². The molecule has 0 spiro atoms. The fraction of sp³-hybridized carbons (Fsp3) is 0.409. The zero-order valence-electron chi connectivity index (χ0n) is 17.1. The van der Waals surface area contributed by atoms with E-state index in [1.807, 2.05) is 45.9 Å². The molecule has 3 rings (SSSR count). The van der Waals surface area contributed by atoms with Gasteiger partial charge >= 0.3 is 5.97 Å². The highest BCUT2D eigenvalue weighted by Crippen LogP contribution is 2.41. The summed E-state index contributed by atoms with van der Waals surface area (Å²) in [5.41, 5.74) is 3.24. The highest BCUT2D eigenvalue weighted by Gasteiger charge is 2.22. The second-order valence-corrected chi connectivity index (χ2v) is 8.55. The van der Waals surface area contributed by atoms with Gasteiger partial charge in [-0.1, -0.05) is 12.1 Å². The number of fused-ring (bicyclic) bond motifs is 1. The van der Waals surface area contributed by atoms with Gasteiger partial charge in [0.15, 0.2) is 0 Å². The molecule has 0 amide bonds.